The fraction of sp³-hybridized carbons (Fsp3) is 0.346. The van der Waals surface area contributed by atoms with E-state index in [-0.39, 0.29) is 11.1 Å². The number of rotatable bonds is 7. The van der Waals surface area contributed by atoms with E-state index in [9.17, 15) is 4.79 Å². The summed E-state index contributed by atoms with van der Waals surface area (Å²) >= 11 is 0. The van der Waals surface area contributed by atoms with E-state index in [0.717, 1.165) is 6.29 Å². The van der Waals surface area contributed by atoms with Crippen molar-refractivity contribution in [3.63, 3.8) is 0 Å². The van der Waals surface area contributed by atoms with Crippen LogP contribution >= 0.6 is 0 Å². The van der Waals surface area contributed by atoms with E-state index in [1.54, 1.807) is 6.08 Å². The minimum atomic E-state index is -2.68. The molecular weight excluding hydrogens is 400 g/mol. The van der Waals surface area contributed by atoms with Crippen molar-refractivity contribution < 1.29 is 9.22 Å². The Morgan fingerprint density at radius 1 is 0.933 bits per heavy atom. The lowest BCUT2D eigenvalue weighted by Gasteiger charge is -2.44. The van der Waals surface area contributed by atoms with Crippen molar-refractivity contribution in [3.8, 4) is 11.5 Å². The van der Waals surface area contributed by atoms with Crippen LogP contribution in [0.25, 0.3) is 0 Å². The van der Waals surface area contributed by atoms with Crippen LogP contribution in [0.4, 0.5) is 0 Å². The highest BCUT2D eigenvalue weighted by atomic mass is 28.4. The fourth-order valence-electron chi connectivity index (χ4n) is 3.65. The fourth-order valence-corrected chi connectivity index (χ4v) is 8.92. The Labute approximate surface area is 184 Å². The van der Waals surface area contributed by atoms with Gasteiger partial charge in [-0.25, -0.2) is 0 Å². The third-order valence-corrected chi connectivity index (χ3v) is 10.9. The number of hydrogen-bond acceptors (Lipinski definition) is 2. The van der Waals surface area contributed by atoms with Gasteiger partial charge in [-0.2, -0.15) is 0 Å². The van der Waals surface area contributed by atoms with Gasteiger partial charge in [-0.15, -0.1) is 11.5 Å². The number of carbonyl (C=O) groups excluding carboxylic acids is 1. The Bertz CT molecular complexity index is 856. The predicted octanol–water partition coefficient (Wildman–Crippen LogP) is 4.96. The molecule has 0 saturated carbocycles. The zero-order valence-corrected chi connectivity index (χ0v) is 21.1. The number of aldehydes is 1. The third-order valence-electron chi connectivity index (χ3n) is 4.92. The van der Waals surface area contributed by atoms with Crippen molar-refractivity contribution in [3.05, 3.63) is 72.8 Å². The van der Waals surface area contributed by atoms with E-state index in [2.05, 4.69) is 100 Å². The molecule has 0 aliphatic rings. The van der Waals surface area contributed by atoms with Crippen LogP contribution in [0.5, 0.6) is 0 Å². The van der Waals surface area contributed by atoms with Gasteiger partial charge in [0, 0.05) is 6.42 Å². The van der Waals surface area contributed by atoms with Crippen LogP contribution in [0.3, 0.4) is 0 Å². The van der Waals surface area contributed by atoms with Gasteiger partial charge >= 0.3 is 0 Å². The molecule has 0 fully saturated rings. The minimum absolute atomic E-state index is 0.116. The largest absolute Gasteiger partial charge is 0.400 e. The first-order valence-corrected chi connectivity index (χ1v) is 15.9. The molecule has 30 heavy (non-hydrogen) atoms. The van der Waals surface area contributed by atoms with Crippen molar-refractivity contribution in [2.45, 2.75) is 58.0 Å². The molecule has 0 aliphatic heterocycles. The molecule has 2 aromatic rings. The molecule has 0 heterocycles. The van der Waals surface area contributed by atoms with Gasteiger partial charge in [0.1, 0.15) is 14.4 Å². The Balaban J connectivity index is 2.63. The average molecular weight is 435 g/mol. The molecule has 0 saturated heterocycles. The van der Waals surface area contributed by atoms with Crippen LogP contribution in [-0.4, -0.2) is 28.8 Å². The van der Waals surface area contributed by atoms with Crippen molar-refractivity contribution in [2.24, 2.45) is 0 Å². The summed E-state index contributed by atoms with van der Waals surface area (Å²) in [6, 6.07) is 21.1. The molecule has 0 spiro atoms. The highest BCUT2D eigenvalue weighted by Gasteiger charge is 2.51. The molecule has 0 radical (unpaired) electrons. The third kappa shape index (κ3) is 6.15. The molecule has 2 nitrogen and oxygen atoms in total. The maximum atomic E-state index is 11.1. The number of benzene rings is 2. The molecule has 0 amide bonds. The van der Waals surface area contributed by atoms with E-state index in [0.29, 0.717) is 6.42 Å². The average Bonchev–Trinajstić information content (AvgIpc) is 2.69. The zero-order valence-electron chi connectivity index (χ0n) is 19.1. The van der Waals surface area contributed by atoms with Crippen LogP contribution in [-0.2, 0) is 9.22 Å². The molecule has 4 heteroatoms. The van der Waals surface area contributed by atoms with E-state index < -0.39 is 16.4 Å². The Morgan fingerprint density at radius 2 is 1.43 bits per heavy atom. The predicted molar refractivity (Wildman–Crippen MR) is 133 cm³/mol. The van der Waals surface area contributed by atoms with Crippen molar-refractivity contribution in [1.29, 1.82) is 0 Å². The lowest BCUT2D eigenvalue weighted by molar-refractivity contribution is -0.104. The topological polar surface area (TPSA) is 26.3 Å². The van der Waals surface area contributed by atoms with Crippen LogP contribution in [0.15, 0.2) is 72.8 Å². The lowest BCUT2D eigenvalue weighted by atomic mass is 10.2. The van der Waals surface area contributed by atoms with Gasteiger partial charge in [-0.3, -0.25) is 4.79 Å². The second kappa shape index (κ2) is 10.2. The first-order valence-electron chi connectivity index (χ1n) is 10.5. The molecule has 1 atom stereocenters. The van der Waals surface area contributed by atoms with Gasteiger partial charge in [0.2, 0.25) is 0 Å². The molecule has 2 aromatic carbocycles. The van der Waals surface area contributed by atoms with E-state index >= 15 is 0 Å². The second-order valence-corrected chi connectivity index (χ2v) is 18.6. The Hall–Kier alpha value is -2.20. The molecule has 0 aromatic heterocycles. The van der Waals surface area contributed by atoms with Gasteiger partial charge in [0.15, 0.2) is 0 Å². The highest BCUT2D eigenvalue weighted by molar-refractivity contribution is 6.99. The molecular formula is C26H34O2Si2. The summed E-state index contributed by atoms with van der Waals surface area (Å²) in [5.41, 5.74) is 3.43. The number of carbonyl (C=O) groups is 1. The molecule has 0 N–H and O–H groups in total. The SMILES string of the molecule is CC(C)(C)[Si](O[C@@H](C=CC=O)CC#C[Si](C)(C)C)(c1ccccc1)c1ccccc1. The zero-order chi connectivity index (χ0) is 22.3. The van der Waals surface area contributed by atoms with Crippen LogP contribution < -0.4 is 10.4 Å². The monoisotopic (exact) mass is 434 g/mol. The first kappa shape index (κ1) is 24.1. The van der Waals surface area contributed by atoms with Gasteiger partial charge in [0.25, 0.3) is 8.32 Å². The lowest BCUT2D eigenvalue weighted by Crippen LogP contribution is -2.67. The summed E-state index contributed by atoms with van der Waals surface area (Å²) in [5, 5.41) is 2.34. The summed E-state index contributed by atoms with van der Waals surface area (Å²) in [7, 11) is -4.16. The maximum Gasteiger partial charge on any atom is 0.261 e. The Morgan fingerprint density at radius 3 is 1.83 bits per heavy atom. The van der Waals surface area contributed by atoms with Gasteiger partial charge in [-0.05, 0) is 21.5 Å². The van der Waals surface area contributed by atoms with E-state index in [1.165, 1.54) is 10.4 Å². The normalized spacial score (nSPS) is 13.5. The van der Waals surface area contributed by atoms with E-state index in [1.807, 2.05) is 18.2 Å². The molecule has 158 valence electrons. The summed E-state index contributed by atoms with van der Waals surface area (Å²) in [6.45, 7) is 13.5. The molecule has 0 bridgehead atoms. The quantitative estimate of drug-likeness (QED) is 0.266. The smallest absolute Gasteiger partial charge is 0.261 e. The summed E-state index contributed by atoms with van der Waals surface area (Å²) in [5.74, 6) is 3.35. The van der Waals surface area contributed by atoms with E-state index in [4.69, 9.17) is 4.43 Å². The van der Waals surface area contributed by atoms with Gasteiger partial charge in [0.05, 0.1) is 6.10 Å². The van der Waals surface area contributed by atoms with Crippen molar-refractivity contribution in [2.75, 3.05) is 0 Å². The molecule has 0 unspecified atom stereocenters. The van der Waals surface area contributed by atoms with Crippen LogP contribution in [0.2, 0.25) is 24.7 Å². The van der Waals surface area contributed by atoms with Gasteiger partial charge in [-0.1, -0.05) is 107 Å². The number of allylic oxidation sites excluding steroid dienone is 1. The summed E-state index contributed by atoms with van der Waals surface area (Å²) in [4.78, 5) is 11.1. The van der Waals surface area contributed by atoms with Crippen molar-refractivity contribution >= 4 is 33.1 Å². The number of hydrogen-bond donors (Lipinski definition) is 0. The minimum Gasteiger partial charge on any atom is -0.400 e. The van der Waals surface area contributed by atoms with Crippen LogP contribution in [0.1, 0.15) is 27.2 Å². The Kier molecular flexibility index (Phi) is 8.20. The summed E-state index contributed by atoms with van der Waals surface area (Å²) in [6.07, 6.45) is 4.56. The first-order chi connectivity index (χ1) is 14.1. The second-order valence-electron chi connectivity index (χ2n) is 9.60. The van der Waals surface area contributed by atoms with Gasteiger partial charge < -0.3 is 4.43 Å². The maximum absolute atomic E-state index is 11.1. The van der Waals surface area contributed by atoms with Crippen LogP contribution in [0, 0.1) is 11.5 Å². The highest BCUT2D eigenvalue weighted by Crippen LogP contribution is 2.37. The van der Waals surface area contributed by atoms with Crippen molar-refractivity contribution in [1.82, 2.24) is 0 Å². The molecule has 2 rings (SSSR count). The standard InChI is InChI=1S/C26H34O2Si2/c1-26(2,3)30(24-17-9-7-10-18-24,25-19-11-8-12-20-25)28-23(15-13-21-27)16-14-22-29(4,5)6/h7-13,15,17-21,23H,16H2,1-6H3/t23-/m0/s1. The molecule has 0 aliphatic carbocycles. The summed E-state index contributed by atoms with van der Waals surface area (Å²) < 4.78 is 7.10.